The van der Waals surface area contributed by atoms with Gasteiger partial charge in [-0.05, 0) is 47.3 Å². The molecule has 0 fully saturated rings. The fraction of sp³-hybridized carbons (Fsp3) is 0.267. The third-order valence-electron chi connectivity index (χ3n) is 2.92. The van der Waals surface area contributed by atoms with Crippen LogP contribution in [0.2, 0.25) is 0 Å². The number of hydrogen-bond donors (Lipinski definition) is 1. The lowest BCUT2D eigenvalue weighted by Crippen LogP contribution is -2.32. The highest BCUT2D eigenvalue weighted by atomic mass is 79.9. The Morgan fingerprint density at radius 3 is 2.74 bits per heavy atom. The van der Waals surface area contributed by atoms with Gasteiger partial charge in [0, 0.05) is 11.4 Å². The number of amides is 1. The molecule has 1 aromatic heterocycles. The zero-order valence-corrected chi connectivity index (χ0v) is 13.1. The topological polar surface area (TPSA) is 29.1 Å². The van der Waals surface area contributed by atoms with E-state index in [1.807, 2.05) is 36.6 Å². The van der Waals surface area contributed by atoms with Crippen LogP contribution in [0.4, 0.5) is 0 Å². The first kappa shape index (κ1) is 14.3. The molecule has 0 radical (unpaired) electrons. The second-order valence-corrected chi connectivity index (χ2v) is 6.83. The van der Waals surface area contributed by atoms with Crippen LogP contribution < -0.4 is 5.32 Å². The van der Waals surface area contributed by atoms with E-state index >= 15 is 0 Å². The normalized spacial score (nSPS) is 12.1. The predicted molar refractivity (Wildman–Crippen MR) is 83.7 cm³/mol. The largest absolute Gasteiger partial charge is 0.350 e. The molecule has 2 nitrogen and oxygen atoms in total. The summed E-state index contributed by atoms with van der Waals surface area (Å²) in [5, 5.41) is 4.89. The minimum atomic E-state index is 0.00233. The Kier molecular flexibility index (Phi) is 5.16. The molecule has 19 heavy (non-hydrogen) atoms. The van der Waals surface area contributed by atoms with Gasteiger partial charge in [-0.25, -0.2) is 0 Å². The SMILES string of the molecule is CC(CCc1ccccc1)NC(=O)c1csc(Br)c1. The fourth-order valence-electron chi connectivity index (χ4n) is 1.84. The van der Waals surface area contributed by atoms with E-state index in [0.717, 1.165) is 22.2 Å². The number of aryl methyl sites for hydroxylation is 1. The summed E-state index contributed by atoms with van der Waals surface area (Å²) in [6.45, 7) is 2.04. The standard InChI is InChI=1S/C15H16BrNOS/c1-11(7-8-12-5-3-2-4-6-12)17-15(18)13-9-14(16)19-10-13/h2-6,9-11H,7-8H2,1H3,(H,17,18). The van der Waals surface area contributed by atoms with Gasteiger partial charge < -0.3 is 5.32 Å². The van der Waals surface area contributed by atoms with Gasteiger partial charge in [-0.3, -0.25) is 4.79 Å². The van der Waals surface area contributed by atoms with Gasteiger partial charge in [-0.1, -0.05) is 30.3 Å². The third-order valence-corrected chi connectivity index (χ3v) is 4.42. The van der Waals surface area contributed by atoms with Gasteiger partial charge in [0.2, 0.25) is 0 Å². The van der Waals surface area contributed by atoms with Gasteiger partial charge in [0.15, 0.2) is 0 Å². The third kappa shape index (κ3) is 4.48. The van der Waals surface area contributed by atoms with Crippen LogP contribution in [0.3, 0.4) is 0 Å². The first-order chi connectivity index (χ1) is 9.15. The lowest BCUT2D eigenvalue weighted by atomic mass is 10.1. The molecule has 4 heteroatoms. The van der Waals surface area contributed by atoms with Crippen LogP contribution in [-0.2, 0) is 6.42 Å². The van der Waals surface area contributed by atoms with Crippen LogP contribution in [0.1, 0.15) is 29.3 Å². The molecule has 0 aliphatic rings. The Hall–Kier alpha value is -1.13. The molecule has 1 unspecified atom stereocenters. The van der Waals surface area contributed by atoms with Crippen LogP contribution in [0.25, 0.3) is 0 Å². The number of rotatable bonds is 5. The minimum Gasteiger partial charge on any atom is -0.350 e. The number of nitrogens with one attached hydrogen (secondary N) is 1. The van der Waals surface area contributed by atoms with E-state index in [-0.39, 0.29) is 11.9 Å². The highest BCUT2D eigenvalue weighted by molar-refractivity contribution is 9.11. The van der Waals surface area contributed by atoms with Crippen LogP contribution in [0, 0.1) is 0 Å². The van der Waals surface area contributed by atoms with Crippen molar-refractivity contribution in [3.8, 4) is 0 Å². The van der Waals surface area contributed by atoms with Crippen molar-refractivity contribution in [1.82, 2.24) is 5.32 Å². The Labute approximate surface area is 126 Å². The van der Waals surface area contributed by atoms with Crippen molar-refractivity contribution in [2.75, 3.05) is 0 Å². The van der Waals surface area contributed by atoms with Crippen LogP contribution in [-0.4, -0.2) is 11.9 Å². The molecule has 1 aromatic carbocycles. The van der Waals surface area contributed by atoms with E-state index < -0.39 is 0 Å². The van der Waals surface area contributed by atoms with Gasteiger partial charge in [0.05, 0.1) is 9.35 Å². The van der Waals surface area contributed by atoms with E-state index in [9.17, 15) is 4.79 Å². The van der Waals surface area contributed by atoms with Gasteiger partial charge in [-0.2, -0.15) is 0 Å². The number of carbonyl (C=O) groups excluding carboxylic acids is 1. The lowest BCUT2D eigenvalue weighted by Gasteiger charge is -2.13. The summed E-state index contributed by atoms with van der Waals surface area (Å²) in [6.07, 6.45) is 1.93. The monoisotopic (exact) mass is 337 g/mol. The van der Waals surface area contributed by atoms with Crippen molar-refractivity contribution >= 4 is 33.2 Å². The number of benzene rings is 1. The molecule has 2 aromatic rings. The van der Waals surface area contributed by atoms with Gasteiger partial charge in [-0.15, -0.1) is 11.3 Å². The molecule has 0 aliphatic heterocycles. The summed E-state index contributed by atoms with van der Waals surface area (Å²) in [6, 6.07) is 12.4. The molecular weight excluding hydrogens is 322 g/mol. The quantitative estimate of drug-likeness (QED) is 0.867. The van der Waals surface area contributed by atoms with E-state index in [1.54, 1.807) is 0 Å². The van der Waals surface area contributed by atoms with Gasteiger partial charge in [0.25, 0.3) is 5.91 Å². The number of thiophene rings is 1. The molecule has 1 heterocycles. The smallest absolute Gasteiger partial charge is 0.252 e. The molecule has 0 aliphatic carbocycles. The van der Waals surface area contributed by atoms with Crippen molar-refractivity contribution in [1.29, 1.82) is 0 Å². The number of carbonyl (C=O) groups is 1. The summed E-state index contributed by atoms with van der Waals surface area (Å²) in [5.74, 6) is 0.00233. The summed E-state index contributed by atoms with van der Waals surface area (Å²) < 4.78 is 0.981. The van der Waals surface area contributed by atoms with Crippen LogP contribution >= 0.6 is 27.3 Å². The fourth-order valence-corrected chi connectivity index (χ4v) is 2.97. The van der Waals surface area contributed by atoms with Crippen molar-refractivity contribution in [3.05, 3.63) is 56.7 Å². The second kappa shape index (κ2) is 6.87. The van der Waals surface area contributed by atoms with E-state index in [2.05, 4.69) is 33.4 Å². The minimum absolute atomic E-state index is 0.00233. The summed E-state index contributed by atoms with van der Waals surface area (Å²) in [7, 11) is 0. The van der Waals surface area contributed by atoms with Crippen LogP contribution in [0.15, 0.2) is 45.6 Å². The molecule has 100 valence electrons. The molecule has 1 amide bonds. The average Bonchev–Trinajstić information content (AvgIpc) is 2.84. The van der Waals surface area contributed by atoms with Gasteiger partial charge in [0.1, 0.15) is 0 Å². The zero-order valence-electron chi connectivity index (χ0n) is 10.7. The van der Waals surface area contributed by atoms with Crippen molar-refractivity contribution in [2.24, 2.45) is 0 Å². The Morgan fingerprint density at radius 2 is 2.11 bits per heavy atom. The second-order valence-electron chi connectivity index (χ2n) is 4.54. The summed E-state index contributed by atoms with van der Waals surface area (Å²) >= 11 is 4.89. The molecule has 0 saturated carbocycles. The number of halogens is 1. The average molecular weight is 338 g/mol. The molecule has 0 spiro atoms. The Morgan fingerprint density at radius 1 is 1.37 bits per heavy atom. The molecule has 0 bridgehead atoms. The van der Waals surface area contributed by atoms with E-state index in [1.165, 1.54) is 16.9 Å². The molecule has 2 rings (SSSR count). The lowest BCUT2D eigenvalue weighted by molar-refractivity contribution is 0.0939. The van der Waals surface area contributed by atoms with Crippen molar-refractivity contribution in [3.63, 3.8) is 0 Å². The molecule has 0 saturated heterocycles. The highest BCUT2D eigenvalue weighted by Gasteiger charge is 2.11. The maximum atomic E-state index is 12.0. The first-order valence-electron chi connectivity index (χ1n) is 6.24. The highest BCUT2D eigenvalue weighted by Crippen LogP contribution is 2.20. The zero-order chi connectivity index (χ0) is 13.7. The van der Waals surface area contributed by atoms with Crippen molar-refractivity contribution in [2.45, 2.75) is 25.8 Å². The predicted octanol–water partition coefficient (Wildman–Crippen LogP) is 4.26. The number of hydrogen-bond acceptors (Lipinski definition) is 2. The summed E-state index contributed by atoms with van der Waals surface area (Å²) in [4.78, 5) is 12.0. The van der Waals surface area contributed by atoms with Gasteiger partial charge >= 0.3 is 0 Å². The molecule has 1 N–H and O–H groups in total. The maximum Gasteiger partial charge on any atom is 0.252 e. The Balaban J connectivity index is 1.81. The molecule has 1 atom stereocenters. The van der Waals surface area contributed by atoms with E-state index in [4.69, 9.17) is 0 Å². The Bertz CT molecular complexity index is 538. The maximum absolute atomic E-state index is 12.0. The van der Waals surface area contributed by atoms with E-state index in [0.29, 0.717) is 0 Å². The van der Waals surface area contributed by atoms with Crippen molar-refractivity contribution < 1.29 is 4.79 Å². The van der Waals surface area contributed by atoms with Crippen LogP contribution in [0.5, 0.6) is 0 Å². The molecular formula is C15H16BrNOS. The summed E-state index contributed by atoms with van der Waals surface area (Å²) in [5.41, 5.74) is 2.03. The first-order valence-corrected chi connectivity index (χ1v) is 7.91.